The summed E-state index contributed by atoms with van der Waals surface area (Å²) in [5, 5.41) is 26.7. The van der Waals surface area contributed by atoms with Gasteiger partial charge in [0, 0.05) is 23.1 Å². The second-order valence-corrected chi connectivity index (χ2v) is 3.48. The summed E-state index contributed by atoms with van der Waals surface area (Å²) in [6, 6.07) is 2.66. The van der Waals surface area contributed by atoms with E-state index < -0.39 is 17.1 Å². The third kappa shape index (κ3) is 1.86. The lowest BCUT2D eigenvalue weighted by Gasteiger charge is -2.07. The SMILES string of the molecule is N#Cc1c(F)cc(Br)c(CCO)c1O. The summed E-state index contributed by atoms with van der Waals surface area (Å²) in [4.78, 5) is 0. The molecule has 0 saturated carbocycles. The summed E-state index contributed by atoms with van der Waals surface area (Å²) < 4.78 is 13.4. The molecule has 0 aliphatic heterocycles. The van der Waals surface area contributed by atoms with Gasteiger partial charge in [0.15, 0.2) is 0 Å². The Bertz CT molecular complexity index is 401. The summed E-state index contributed by atoms with van der Waals surface area (Å²) in [5.74, 6) is -1.19. The van der Waals surface area contributed by atoms with Crippen molar-refractivity contribution in [3.63, 3.8) is 0 Å². The van der Waals surface area contributed by atoms with Crippen LogP contribution < -0.4 is 0 Å². The van der Waals surface area contributed by atoms with E-state index in [2.05, 4.69) is 15.9 Å². The fraction of sp³-hybridized carbons (Fsp3) is 0.222. The van der Waals surface area contributed by atoms with Crippen molar-refractivity contribution in [2.75, 3.05) is 6.61 Å². The fourth-order valence-corrected chi connectivity index (χ4v) is 1.69. The topological polar surface area (TPSA) is 64.2 Å². The zero-order valence-corrected chi connectivity index (χ0v) is 8.68. The van der Waals surface area contributed by atoms with E-state index in [0.717, 1.165) is 6.07 Å². The molecule has 5 heteroatoms. The first-order valence-corrected chi connectivity index (χ1v) is 4.62. The number of aromatic hydroxyl groups is 1. The molecule has 0 spiro atoms. The maximum atomic E-state index is 13.1. The lowest BCUT2D eigenvalue weighted by molar-refractivity contribution is 0.297. The van der Waals surface area contributed by atoms with E-state index in [1.807, 2.05) is 0 Å². The van der Waals surface area contributed by atoms with Gasteiger partial charge in [0.05, 0.1) is 0 Å². The van der Waals surface area contributed by atoms with E-state index >= 15 is 0 Å². The molecule has 0 aliphatic carbocycles. The average molecular weight is 260 g/mol. The zero-order valence-electron chi connectivity index (χ0n) is 7.09. The molecule has 0 atom stereocenters. The molecule has 2 N–H and O–H groups in total. The number of aliphatic hydroxyl groups is 1. The third-order valence-electron chi connectivity index (χ3n) is 1.78. The largest absolute Gasteiger partial charge is 0.506 e. The Morgan fingerprint density at radius 2 is 2.21 bits per heavy atom. The molecule has 1 aromatic carbocycles. The molecule has 0 saturated heterocycles. The van der Waals surface area contributed by atoms with Crippen LogP contribution in [-0.2, 0) is 6.42 Å². The lowest BCUT2D eigenvalue weighted by Crippen LogP contribution is -1.97. The Morgan fingerprint density at radius 1 is 1.57 bits per heavy atom. The van der Waals surface area contributed by atoms with Gasteiger partial charge in [-0.1, -0.05) is 15.9 Å². The van der Waals surface area contributed by atoms with Crippen molar-refractivity contribution in [3.05, 3.63) is 27.5 Å². The molecule has 0 fully saturated rings. The monoisotopic (exact) mass is 259 g/mol. The van der Waals surface area contributed by atoms with Crippen molar-refractivity contribution < 1.29 is 14.6 Å². The second kappa shape index (κ2) is 4.40. The van der Waals surface area contributed by atoms with E-state index in [0.29, 0.717) is 10.0 Å². The summed E-state index contributed by atoms with van der Waals surface area (Å²) >= 11 is 3.04. The normalized spacial score (nSPS) is 9.86. The molecular formula is C9H7BrFNO2. The van der Waals surface area contributed by atoms with Crippen LogP contribution in [0.25, 0.3) is 0 Å². The Balaban J connectivity index is 3.38. The average Bonchev–Trinajstić information content (AvgIpc) is 2.12. The van der Waals surface area contributed by atoms with Crippen molar-refractivity contribution in [1.29, 1.82) is 5.26 Å². The summed E-state index contributed by atoms with van der Waals surface area (Å²) in [5.41, 5.74) is -0.0536. The molecule has 74 valence electrons. The smallest absolute Gasteiger partial charge is 0.145 e. The quantitative estimate of drug-likeness (QED) is 0.850. The highest BCUT2D eigenvalue weighted by Gasteiger charge is 2.15. The van der Waals surface area contributed by atoms with Gasteiger partial charge in [0.1, 0.15) is 23.2 Å². The lowest BCUT2D eigenvalue weighted by atomic mass is 10.1. The zero-order chi connectivity index (χ0) is 10.7. The van der Waals surface area contributed by atoms with E-state index in [1.165, 1.54) is 0 Å². The van der Waals surface area contributed by atoms with E-state index in [9.17, 15) is 9.50 Å². The summed E-state index contributed by atoms with van der Waals surface area (Å²) in [6.45, 7) is -0.178. The number of nitriles is 1. The number of aliphatic hydroxyl groups excluding tert-OH is 1. The van der Waals surface area contributed by atoms with Gasteiger partial charge in [0.2, 0.25) is 0 Å². The van der Waals surface area contributed by atoms with Gasteiger partial charge in [-0.2, -0.15) is 5.26 Å². The van der Waals surface area contributed by atoms with Crippen molar-refractivity contribution >= 4 is 15.9 Å². The first kappa shape index (κ1) is 11.0. The maximum Gasteiger partial charge on any atom is 0.145 e. The fourth-order valence-electron chi connectivity index (χ4n) is 1.10. The van der Waals surface area contributed by atoms with Crippen LogP contribution in [0.2, 0.25) is 0 Å². The number of nitrogens with zero attached hydrogens (tertiary/aromatic N) is 1. The summed E-state index contributed by atoms with van der Waals surface area (Å²) in [6.07, 6.45) is 0.168. The van der Waals surface area contributed by atoms with Crippen molar-refractivity contribution in [2.24, 2.45) is 0 Å². The van der Waals surface area contributed by atoms with E-state index in [-0.39, 0.29) is 13.0 Å². The van der Waals surface area contributed by atoms with Crippen molar-refractivity contribution in [3.8, 4) is 11.8 Å². The van der Waals surface area contributed by atoms with Crippen LogP contribution in [0.5, 0.6) is 5.75 Å². The van der Waals surface area contributed by atoms with Gasteiger partial charge < -0.3 is 10.2 Å². The number of phenols is 1. The highest BCUT2D eigenvalue weighted by molar-refractivity contribution is 9.10. The molecule has 14 heavy (non-hydrogen) atoms. The molecular weight excluding hydrogens is 253 g/mol. The van der Waals surface area contributed by atoms with Crippen LogP contribution in [0.1, 0.15) is 11.1 Å². The number of hydrogen-bond donors (Lipinski definition) is 2. The van der Waals surface area contributed by atoms with Gasteiger partial charge in [-0.25, -0.2) is 4.39 Å². The standard InChI is InChI=1S/C9H7BrFNO2/c10-7-3-8(11)6(4-12)9(14)5(7)1-2-13/h3,13-14H,1-2H2. The minimum Gasteiger partial charge on any atom is -0.506 e. The molecule has 0 aliphatic rings. The first-order valence-electron chi connectivity index (χ1n) is 3.82. The number of benzene rings is 1. The predicted octanol–water partition coefficient (Wildman–Crippen LogP) is 1.70. The minimum absolute atomic E-state index is 0.168. The van der Waals surface area contributed by atoms with Gasteiger partial charge >= 0.3 is 0 Å². The highest BCUT2D eigenvalue weighted by atomic mass is 79.9. The first-order chi connectivity index (χ1) is 6.61. The molecule has 0 amide bonds. The molecule has 0 heterocycles. The minimum atomic E-state index is -0.779. The van der Waals surface area contributed by atoms with Crippen LogP contribution in [0.4, 0.5) is 4.39 Å². The molecule has 1 rings (SSSR count). The van der Waals surface area contributed by atoms with E-state index in [4.69, 9.17) is 10.4 Å². The Kier molecular flexibility index (Phi) is 3.44. The summed E-state index contributed by atoms with van der Waals surface area (Å²) in [7, 11) is 0. The van der Waals surface area contributed by atoms with Gasteiger partial charge in [0.25, 0.3) is 0 Å². The number of hydrogen-bond acceptors (Lipinski definition) is 3. The molecule has 0 bridgehead atoms. The predicted molar refractivity (Wildman–Crippen MR) is 51.3 cm³/mol. The molecule has 3 nitrogen and oxygen atoms in total. The number of rotatable bonds is 2. The second-order valence-electron chi connectivity index (χ2n) is 2.63. The Labute approximate surface area is 88.5 Å². The van der Waals surface area contributed by atoms with Crippen molar-refractivity contribution in [1.82, 2.24) is 0 Å². The Hall–Kier alpha value is -1.12. The van der Waals surface area contributed by atoms with Gasteiger partial charge in [-0.3, -0.25) is 0 Å². The maximum absolute atomic E-state index is 13.1. The van der Waals surface area contributed by atoms with Gasteiger partial charge in [-0.15, -0.1) is 0 Å². The van der Waals surface area contributed by atoms with Crippen molar-refractivity contribution in [2.45, 2.75) is 6.42 Å². The Morgan fingerprint density at radius 3 is 2.71 bits per heavy atom. The van der Waals surface area contributed by atoms with Gasteiger partial charge in [-0.05, 0) is 6.07 Å². The number of phenolic OH excluding ortho intramolecular Hbond substituents is 1. The third-order valence-corrected chi connectivity index (χ3v) is 2.48. The molecule has 1 aromatic rings. The van der Waals surface area contributed by atoms with Crippen LogP contribution >= 0.6 is 15.9 Å². The molecule has 0 unspecified atom stereocenters. The van der Waals surface area contributed by atoms with Crippen LogP contribution in [0.15, 0.2) is 10.5 Å². The van der Waals surface area contributed by atoms with Crippen LogP contribution in [0, 0.1) is 17.1 Å². The number of halogens is 2. The van der Waals surface area contributed by atoms with Crippen LogP contribution in [-0.4, -0.2) is 16.8 Å². The molecule has 0 radical (unpaired) electrons. The van der Waals surface area contributed by atoms with E-state index in [1.54, 1.807) is 6.07 Å². The van der Waals surface area contributed by atoms with Crippen LogP contribution in [0.3, 0.4) is 0 Å². The highest BCUT2D eigenvalue weighted by Crippen LogP contribution is 2.31. The molecule has 0 aromatic heterocycles.